The largest absolute Gasteiger partial charge is 0.385 e. The van der Waals surface area contributed by atoms with Crippen molar-refractivity contribution in [2.45, 2.75) is 57.9 Å². The van der Waals surface area contributed by atoms with Crippen molar-refractivity contribution in [2.75, 3.05) is 20.3 Å². The topological polar surface area (TPSA) is 21.3 Å². The Hall–Kier alpha value is -0.860. The fraction of sp³-hybridized carbons (Fsp3) is 0.684. The van der Waals surface area contributed by atoms with E-state index in [1.165, 1.54) is 31.2 Å². The molecule has 118 valence electrons. The van der Waals surface area contributed by atoms with Gasteiger partial charge in [0.25, 0.3) is 0 Å². The molecule has 1 aromatic carbocycles. The van der Waals surface area contributed by atoms with E-state index in [9.17, 15) is 0 Å². The second-order valence-electron chi connectivity index (χ2n) is 7.20. The van der Waals surface area contributed by atoms with Crippen LogP contribution in [0.15, 0.2) is 30.3 Å². The zero-order chi connectivity index (χ0) is 15.1. The van der Waals surface area contributed by atoms with Gasteiger partial charge in [-0.1, -0.05) is 57.0 Å². The number of methoxy groups -OCH3 is 1. The first-order valence-electron chi connectivity index (χ1n) is 8.40. The van der Waals surface area contributed by atoms with Gasteiger partial charge in [-0.15, -0.1) is 0 Å². The number of hydrogen-bond donors (Lipinski definition) is 1. The maximum atomic E-state index is 5.23. The van der Waals surface area contributed by atoms with Crippen LogP contribution in [0.5, 0.6) is 0 Å². The summed E-state index contributed by atoms with van der Waals surface area (Å²) in [5.74, 6) is 0.679. The normalized spacial score (nSPS) is 23.2. The van der Waals surface area contributed by atoms with Gasteiger partial charge in [-0.05, 0) is 36.2 Å². The first-order chi connectivity index (χ1) is 10.1. The molecule has 1 aromatic rings. The van der Waals surface area contributed by atoms with Crippen LogP contribution in [0.3, 0.4) is 0 Å². The summed E-state index contributed by atoms with van der Waals surface area (Å²) < 4.78 is 5.23. The third-order valence-electron chi connectivity index (χ3n) is 4.82. The SMILES string of the molecule is COCCC(C)(C)CNC1CCCCC1c1ccccc1. The first kappa shape index (κ1) is 16.5. The highest BCUT2D eigenvalue weighted by Gasteiger charge is 2.28. The molecule has 2 atom stereocenters. The Morgan fingerprint density at radius 1 is 1.14 bits per heavy atom. The number of hydrogen-bond acceptors (Lipinski definition) is 2. The van der Waals surface area contributed by atoms with Crippen molar-refractivity contribution in [3.8, 4) is 0 Å². The van der Waals surface area contributed by atoms with Crippen molar-refractivity contribution in [1.29, 1.82) is 0 Å². The summed E-state index contributed by atoms with van der Waals surface area (Å²) in [4.78, 5) is 0. The van der Waals surface area contributed by atoms with E-state index in [0.717, 1.165) is 19.6 Å². The summed E-state index contributed by atoms with van der Waals surface area (Å²) in [6.07, 6.45) is 6.46. The zero-order valence-corrected chi connectivity index (χ0v) is 13.9. The summed E-state index contributed by atoms with van der Waals surface area (Å²) in [5, 5.41) is 3.86. The van der Waals surface area contributed by atoms with Crippen molar-refractivity contribution < 1.29 is 4.74 Å². The average molecular weight is 289 g/mol. The van der Waals surface area contributed by atoms with Crippen LogP contribution in [0, 0.1) is 5.41 Å². The minimum Gasteiger partial charge on any atom is -0.385 e. The van der Waals surface area contributed by atoms with E-state index in [-0.39, 0.29) is 0 Å². The maximum absolute atomic E-state index is 5.23. The van der Waals surface area contributed by atoms with Crippen LogP contribution >= 0.6 is 0 Å². The second kappa shape index (κ2) is 7.95. The lowest BCUT2D eigenvalue weighted by Crippen LogP contribution is -2.42. The molecule has 0 spiro atoms. The predicted octanol–water partition coefficient (Wildman–Crippen LogP) is 4.37. The van der Waals surface area contributed by atoms with Crippen molar-refractivity contribution in [3.05, 3.63) is 35.9 Å². The molecule has 0 radical (unpaired) electrons. The van der Waals surface area contributed by atoms with Crippen LogP contribution in [0.4, 0.5) is 0 Å². The van der Waals surface area contributed by atoms with Crippen LogP contribution in [-0.2, 0) is 4.74 Å². The molecular formula is C19H31NO. The molecule has 1 saturated carbocycles. The van der Waals surface area contributed by atoms with Gasteiger partial charge < -0.3 is 10.1 Å². The molecule has 21 heavy (non-hydrogen) atoms. The Balaban J connectivity index is 1.93. The summed E-state index contributed by atoms with van der Waals surface area (Å²) in [6.45, 7) is 6.59. The minimum absolute atomic E-state index is 0.300. The van der Waals surface area contributed by atoms with Crippen molar-refractivity contribution in [3.63, 3.8) is 0 Å². The molecule has 0 aromatic heterocycles. The molecule has 2 heteroatoms. The predicted molar refractivity (Wildman–Crippen MR) is 89.7 cm³/mol. The van der Waals surface area contributed by atoms with E-state index in [1.54, 1.807) is 7.11 Å². The molecule has 1 fully saturated rings. The fourth-order valence-electron chi connectivity index (χ4n) is 3.35. The molecular weight excluding hydrogens is 258 g/mol. The highest BCUT2D eigenvalue weighted by atomic mass is 16.5. The minimum atomic E-state index is 0.300. The van der Waals surface area contributed by atoms with Crippen molar-refractivity contribution >= 4 is 0 Å². The van der Waals surface area contributed by atoms with Gasteiger partial charge in [-0.2, -0.15) is 0 Å². The van der Waals surface area contributed by atoms with Crippen molar-refractivity contribution in [2.24, 2.45) is 5.41 Å². The molecule has 1 N–H and O–H groups in total. The molecule has 2 rings (SSSR count). The lowest BCUT2D eigenvalue weighted by molar-refractivity contribution is 0.146. The first-order valence-corrected chi connectivity index (χ1v) is 8.40. The molecule has 2 nitrogen and oxygen atoms in total. The van der Waals surface area contributed by atoms with Gasteiger partial charge in [0.2, 0.25) is 0 Å². The number of ether oxygens (including phenoxy) is 1. The van der Waals surface area contributed by atoms with E-state index < -0.39 is 0 Å². The molecule has 2 unspecified atom stereocenters. The Kier molecular flexibility index (Phi) is 6.25. The number of benzene rings is 1. The van der Waals surface area contributed by atoms with Crippen LogP contribution in [0.1, 0.15) is 57.4 Å². The summed E-state index contributed by atoms with van der Waals surface area (Å²) in [7, 11) is 1.79. The van der Waals surface area contributed by atoms with Gasteiger partial charge in [0.1, 0.15) is 0 Å². The van der Waals surface area contributed by atoms with Crippen LogP contribution in [-0.4, -0.2) is 26.3 Å². The Morgan fingerprint density at radius 3 is 2.57 bits per heavy atom. The standard InChI is InChI=1S/C19H31NO/c1-19(2,13-14-21-3)15-20-18-12-8-7-11-17(18)16-9-5-4-6-10-16/h4-6,9-10,17-18,20H,7-8,11-15H2,1-3H3. The highest BCUT2D eigenvalue weighted by Crippen LogP contribution is 2.33. The monoisotopic (exact) mass is 289 g/mol. The Labute approximate surface area is 130 Å². The number of rotatable bonds is 7. The second-order valence-corrected chi connectivity index (χ2v) is 7.20. The van der Waals surface area contributed by atoms with Gasteiger partial charge in [0, 0.05) is 26.3 Å². The van der Waals surface area contributed by atoms with Crippen LogP contribution < -0.4 is 5.32 Å². The van der Waals surface area contributed by atoms with E-state index in [2.05, 4.69) is 49.5 Å². The smallest absolute Gasteiger partial charge is 0.0467 e. The molecule has 0 aliphatic heterocycles. The molecule has 1 aliphatic rings. The summed E-state index contributed by atoms with van der Waals surface area (Å²) >= 11 is 0. The third kappa shape index (κ3) is 5.12. The van der Waals surface area contributed by atoms with Crippen molar-refractivity contribution in [1.82, 2.24) is 5.32 Å². The number of nitrogens with one attached hydrogen (secondary N) is 1. The molecule has 1 aliphatic carbocycles. The van der Waals surface area contributed by atoms with E-state index >= 15 is 0 Å². The summed E-state index contributed by atoms with van der Waals surface area (Å²) in [6, 6.07) is 11.7. The highest BCUT2D eigenvalue weighted by molar-refractivity contribution is 5.22. The molecule has 0 saturated heterocycles. The quantitative estimate of drug-likeness (QED) is 0.805. The Bertz CT molecular complexity index is 401. The molecule has 0 amide bonds. The lowest BCUT2D eigenvalue weighted by atomic mass is 9.79. The van der Waals surface area contributed by atoms with Gasteiger partial charge in [0.15, 0.2) is 0 Å². The van der Waals surface area contributed by atoms with E-state index in [0.29, 0.717) is 17.4 Å². The van der Waals surface area contributed by atoms with Crippen LogP contribution in [0.25, 0.3) is 0 Å². The van der Waals surface area contributed by atoms with Crippen LogP contribution in [0.2, 0.25) is 0 Å². The zero-order valence-electron chi connectivity index (χ0n) is 13.9. The molecule has 0 bridgehead atoms. The lowest BCUT2D eigenvalue weighted by Gasteiger charge is -2.35. The van der Waals surface area contributed by atoms with E-state index in [4.69, 9.17) is 4.74 Å². The summed E-state index contributed by atoms with van der Waals surface area (Å²) in [5.41, 5.74) is 1.80. The van der Waals surface area contributed by atoms with E-state index in [1.807, 2.05) is 0 Å². The average Bonchev–Trinajstić information content (AvgIpc) is 2.52. The van der Waals surface area contributed by atoms with Gasteiger partial charge >= 0.3 is 0 Å². The molecule has 0 heterocycles. The maximum Gasteiger partial charge on any atom is 0.0467 e. The fourth-order valence-corrected chi connectivity index (χ4v) is 3.35. The Morgan fingerprint density at radius 2 is 1.86 bits per heavy atom. The third-order valence-corrected chi connectivity index (χ3v) is 4.82. The van der Waals surface area contributed by atoms with Gasteiger partial charge in [-0.25, -0.2) is 0 Å². The van der Waals surface area contributed by atoms with Gasteiger partial charge in [0.05, 0.1) is 0 Å². The van der Waals surface area contributed by atoms with Gasteiger partial charge in [-0.3, -0.25) is 0 Å².